The summed E-state index contributed by atoms with van der Waals surface area (Å²) in [4.78, 5) is 14.0. The number of nitrogens with zero attached hydrogens (tertiary/aromatic N) is 1. The summed E-state index contributed by atoms with van der Waals surface area (Å²) in [6.07, 6.45) is 0.449. The number of nitrogens with two attached hydrogens (primary N) is 1. The second-order valence-electron chi connectivity index (χ2n) is 11.4. The van der Waals surface area contributed by atoms with Crippen molar-refractivity contribution in [3.63, 3.8) is 0 Å². The second kappa shape index (κ2) is 11.3. The third-order valence-corrected chi connectivity index (χ3v) is 7.96. The Morgan fingerprint density at radius 3 is 2.33 bits per heavy atom. The normalized spacial score (nSPS) is 23.0. The van der Waals surface area contributed by atoms with Crippen molar-refractivity contribution in [1.29, 1.82) is 5.26 Å². The van der Waals surface area contributed by atoms with Crippen molar-refractivity contribution >= 4 is 29.0 Å². The highest BCUT2D eigenvalue weighted by Crippen LogP contribution is 2.53. The largest absolute Gasteiger partial charge is 0.326 e. The summed E-state index contributed by atoms with van der Waals surface area (Å²) >= 11 is 12.3. The Balaban J connectivity index is 1.93. The van der Waals surface area contributed by atoms with Gasteiger partial charge in [-0.25, -0.2) is 8.78 Å². The molecular weight excluding hydrogens is 539 g/mol. The number of rotatable bonds is 7. The van der Waals surface area contributed by atoms with Crippen LogP contribution in [0.1, 0.15) is 55.4 Å². The molecule has 4 atom stereocenters. The van der Waals surface area contributed by atoms with Crippen LogP contribution >= 0.6 is 23.2 Å². The quantitative estimate of drug-likeness (QED) is 0.325. The first-order valence-corrected chi connectivity index (χ1v) is 13.5. The smallest absolute Gasteiger partial charge is 0.154 e. The highest BCUT2D eigenvalue weighted by atomic mass is 35.5. The van der Waals surface area contributed by atoms with E-state index in [1.165, 1.54) is 24.3 Å². The number of nitriles is 1. The van der Waals surface area contributed by atoms with Gasteiger partial charge < -0.3 is 11.1 Å². The summed E-state index contributed by atoms with van der Waals surface area (Å²) < 4.78 is 31.4. The molecule has 0 bridgehead atoms. The van der Waals surface area contributed by atoms with Gasteiger partial charge in [-0.05, 0) is 46.7 Å². The van der Waals surface area contributed by atoms with E-state index < -0.39 is 35.1 Å². The van der Waals surface area contributed by atoms with Crippen LogP contribution < -0.4 is 11.1 Å². The van der Waals surface area contributed by atoms with Gasteiger partial charge in [-0.15, -0.1) is 0 Å². The van der Waals surface area contributed by atoms with Crippen molar-refractivity contribution in [2.24, 2.45) is 11.1 Å². The Kier molecular flexibility index (Phi) is 8.49. The Labute approximate surface area is 238 Å². The van der Waals surface area contributed by atoms with E-state index in [1.54, 1.807) is 6.07 Å². The van der Waals surface area contributed by atoms with Gasteiger partial charge in [-0.2, -0.15) is 5.26 Å². The molecule has 4 nitrogen and oxygen atoms in total. The van der Waals surface area contributed by atoms with Crippen molar-refractivity contribution in [3.8, 4) is 6.07 Å². The topological polar surface area (TPSA) is 78.9 Å². The van der Waals surface area contributed by atoms with Crippen LogP contribution in [0.3, 0.4) is 0 Å². The molecule has 0 amide bonds. The monoisotopic (exact) mass is 569 g/mol. The number of Topliss-reactive ketones (excluding diaryl/α,β-unsaturated/α-hetero) is 1. The predicted octanol–water partition coefficient (Wildman–Crippen LogP) is 6.86. The molecular formula is C31H31Cl2F2N3O. The van der Waals surface area contributed by atoms with Crippen molar-refractivity contribution < 1.29 is 13.6 Å². The lowest BCUT2D eigenvalue weighted by molar-refractivity contribution is -0.120. The van der Waals surface area contributed by atoms with Gasteiger partial charge >= 0.3 is 0 Å². The SMILES string of the molecule is CC(C)(C)C[C@@H]1N[C@@H](C(=O)Cc2ccc(CN)cc2)[C@H](c2cccc(Cl)c2F)[C@@]1(C#N)c1ccc(Cl)cc1F. The van der Waals surface area contributed by atoms with Crippen LogP contribution in [-0.2, 0) is 23.2 Å². The summed E-state index contributed by atoms with van der Waals surface area (Å²) in [6, 6.07) is 16.7. The third kappa shape index (κ3) is 5.73. The van der Waals surface area contributed by atoms with E-state index in [0.717, 1.165) is 17.2 Å². The molecule has 39 heavy (non-hydrogen) atoms. The molecule has 0 radical (unpaired) electrons. The fraction of sp³-hybridized carbons (Fsp3) is 0.355. The Hall–Kier alpha value is -2.82. The zero-order valence-electron chi connectivity index (χ0n) is 22.1. The van der Waals surface area contributed by atoms with Gasteiger partial charge in [0.15, 0.2) is 5.78 Å². The van der Waals surface area contributed by atoms with Crippen LogP contribution in [0.15, 0.2) is 60.7 Å². The van der Waals surface area contributed by atoms with E-state index in [-0.39, 0.29) is 38.8 Å². The number of carbonyl (C=O) groups is 1. The number of hydrogen-bond acceptors (Lipinski definition) is 4. The second-order valence-corrected chi connectivity index (χ2v) is 12.2. The molecule has 0 saturated carbocycles. The van der Waals surface area contributed by atoms with Crippen LogP contribution in [0.5, 0.6) is 0 Å². The van der Waals surface area contributed by atoms with E-state index in [1.807, 2.05) is 45.0 Å². The Bertz CT molecular complexity index is 1410. The number of halogens is 4. The lowest BCUT2D eigenvalue weighted by atomic mass is 9.62. The van der Waals surface area contributed by atoms with E-state index >= 15 is 8.78 Å². The lowest BCUT2D eigenvalue weighted by Gasteiger charge is -2.37. The Morgan fingerprint density at radius 1 is 1.08 bits per heavy atom. The molecule has 1 aliphatic rings. The van der Waals surface area contributed by atoms with Crippen molar-refractivity contribution in [2.75, 3.05) is 0 Å². The summed E-state index contributed by atoms with van der Waals surface area (Å²) in [7, 11) is 0. The van der Waals surface area contributed by atoms with Gasteiger partial charge in [0.2, 0.25) is 0 Å². The molecule has 1 aliphatic heterocycles. The molecule has 1 fully saturated rings. The van der Waals surface area contributed by atoms with Gasteiger partial charge in [0.1, 0.15) is 17.0 Å². The number of benzene rings is 3. The summed E-state index contributed by atoms with van der Waals surface area (Å²) in [5.41, 5.74) is 5.57. The van der Waals surface area contributed by atoms with Crippen molar-refractivity contribution in [3.05, 3.63) is 105 Å². The molecule has 4 rings (SSSR count). The molecule has 0 aliphatic carbocycles. The lowest BCUT2D eigenvalue weighted by Crippen LogP contribution is -2.44. The minimum absolute atomic E-state index is 0.0358. The van der Waals surface area contributed by atoms with Crippen LogP contribution in [0.2, 0.25) is 10.0 Å². The molecule has 8 heteroatoms. The van der Waals surface area contributed by atoms with Crippen molar-refractivity contribution in [1.82, 2.24) is 5.32 Å². The molecule has 1 heterocycles. The fourth-order valence-electron chi connectivity index (χ4n) is 5.71. The van der Waals surface area contributed by atoms with Gasteiger partial charge in [0.25, 0.3) is 0 Å². The highest BCUT2D eigenvalue weighted by molar-refractivity contribution is 6.31. The Morgan fingerprint density at radius 2 is 1.74 bits per heavy atom. The molecule has 1 saturated heterocycles. The van der Waals surface area contributed by atoms with Gasteiger partial charge in [-0.1, -0.05) is 86.4 Å². The fourth-order valence-corrected chi connectivity index (χ4v) is 6.05. The number of hydrogen-bond donors (Lipinski definition) is 2. The minimum Gasteiger partial charge on any atom is -0.326 e. The highest BCUT2D eigenvalue weighted by Gasteiger charge is 2.60. The van der Waals surface area contributed by atoms with E-state index in [0.29, 0.717) is 13.0 Å². The van der Waals surface area contributed by atoms with E-state index in [2.05, 4.69) is 11.4 Å². The van der Waals surface area contributed by atoms with E-state index in [4.69, 9.17) is 28.9 Å². The molecule has 0 unspecified atom stereocenters. The van der Waals surface area contributed by atoms with Crippen molar-refractivity contribution in [2.45, 2.75) is 63.6 Å². The maximum atomic E-state index is 15.7. The number of carbonyl (C=O) groups excluding carboxylic acids is 1. The molecule has 0 spiro atoms. The standard InChI is InChI=1S/C31H31Cl2F2N3O/c1-30(2,3)15-26-31(17-37,22-12-11-20(32)14-24(22)34)27(21-5-4-6-23(33)28(21)35)29(38-26)25(39)13-18-7-9-19(16-36)10-8-18/h4-12,14,26-27,29,38H,13,15-16,36H2,1-3H3/t26-,27-,29-,31-/m0/s1. The van der Waals surface area contributed by atoms with Crippen LogP contribution in [0.25, 0.3) is 0 Å². The zero-order valence-corrected chi connectivity index (χ0v) is 23.6. The van der Waals surface area contributed by atoms with E-state index in [9.17, 15) is 10.1 Å². The van der Waals surface area contributed by atoms with Crippen LogP contribution in [-0.4, -0.2) is 17.9 Å². The molecule has 3 aromatic rings. The van der Waals surface area contributed by atoms with Gasteiger partial charge in [-0.3, -0.25) is 4.79 Å². The molecule has 204 valence electrons. The average molecular weight is 571 g/mol. The van der Waals surface area contributed by atoms with Gasteiger partial charge in [0, 0.05) is 35.5 Å². The first-order chi connectivity index (χ1) is 18.4. The van der Waals surface area contributed by atoms with Crippen LogP contribution in [0.4, 0.5) is 8.78 Å². The first kappa shape index (κ1) is 29.2. The maximum Gasteiger partial charge on any atom is 0.154 e. The summed E-state index contributed by atoms with van der Waals surface area (Å²) in [6.45, 7) is 6.37. The predicted molar refractivity (Wildman–Crippen MR) is 151 cm³/mol. The van der Waals surface area contributed by atoms with Gasteiger partial charge in [0.05, 0.1) is 17.1 Å². The number of ketones is 1. The molecule has 3 aromatic carbocycles. The molecule has 3 N–H and O–H groups in total. The summed E-state index contributed by atoms with van der Waals surface area (Å²) in [5.74, 6) is -2.74. The summed E-state index contributed by atoms with van der Waals surface area (Å²) in [5, 5.41) is 14.3. The minimum atomic E-state index is -1.64. The average Bonchev–Trinajstić information content (AvgIpc) is 3.19. The number of nitrogens with one attached hydrogen (secondary N) is 1. The zero-order chi connectivity index (χ0) is 28.5. The first-order valence-electron chi connectivity index (χ1n) is 12.8. The maximum absolute atomic E-state index is 15.7. The molecule has 0 aromatic heterocycles. The third-order valence-electron chi connectivity index (χ3n) is 7.43. The van der Waals surface area contributed by atoms with Crippen LogP contribution in [0, 0.1) is 28.4 Å².